The maximum absolute atomic E-state index is 13.8. The van der Waals surface area contributed by atoms with Gasteiger partial charge in [-0.15, -0.1) is 5.10 Å². The maximum atomic E-state index is 13.8. The number of carbonyl (C=O) groups excluding carboxylic acids is 2. The molecule has 0 saturated carbocycles. The number of primary amides is 1. The molecule has 0 bridgehead atoms. The van der Waals surface area contributed by atoms with Crippen molar-refractivity contribution in [1.29, 1.82) is 0 Å². The van der Waals surface area contributed by atoms with Crippen molar-refractivity contribution in [3.05, 3.63) is 82.4 Å². The molecule has 0 saturated heterocycles. The Hall–Kier alpha value is -3.20. The standard InChI is InChI=1S/C19H16F2N4O2S/c1-11(13-7-14(20)9-15(21)8-13)25(19(27)12-5-3-2-4-6-12)17(18(22)26)16-10-23-24-28-16/h2-11,17H,1H3,(H2,22,26)/t11-,17?/m1/s1. The molecule has 0 aliphatic heterocycles. The molecule has 0 fully saturated rings. The van der Waals surface area contributed by atoms with E-state index in [1.54, 1.807) is 37.3 Å². The molecule has 1 heterocycles. The number of rotatable bonds is 6. The van der Waals surface area contributed by atoms with Crippen LogP contribution in [0.4, 0.5) is 8.78 Å². The molecule has 9 heteroatoms. The third-order valence-electron chi connectivity index (χ3n) is 4.24. The molecule has 2 atom stereocenters. The lowest BCUT2D eigenvalue weighted by atomic mass is 10.0. The van der Waals surface area contributed by atoms with Crippen LogP contribution < -0.4 is 5.73 Å². The van der Waals surface area contributed by atoms with Crippen molar-refractivity contribution in [1.82, 2.24) is 14.5 Å². The summed E-state index contributed by atoms with van der Waals surface area (Å²) in [4.78, 5) is 27.1. The topological polar surface area (TPSA) is 89.2 Å². The van der Waals surface area contributed by atoms with E-state index in [1.807, 2.05) is 0 Å². The molecule has 1 unspecified atom stereocenters. The van der Waals surface area contributed by atoms with Gasteiger partial charge in [0.05, 0.1) is 17.1 Å². The number of hydrogen-bond donors (Lipinski definition) is 1. The van der Waals surface area contributed by atoms with Crippen LogP contribution in [0.15, 0.2) is 54.7 Å². The van der Waals surface area contributed by atoms with Crippen LogP contribution in [0.3, 0.4) is 0 Å². The first kappa shape index (κ1) is 19.6. The predicted octanol–water partition coefficient (Wildman–Crippen LogP) is 3.25. The molecule has 1 aromatic heterocycles. The van der Waals surface area contributed by atoms with E-state index in [-0.39, 0.29) is 5.56 Å². The van der Waals surface area contributed by atoms with E-state index < -0.39 is 35.5 Å². The third kappa shape index (κ3) is 4.04. The minimum atomic E-state index is -1.20. The van der Waals surface area contributed by atoms with Crippen molar-refractivity contribution >= 4 is 23.3 Å². The van der Waals surface area contributed by atoms with Gasteiger partial charge in [0.15, 0.2) is 0 Å². The molecule has 0 spiro atoms. The predicted molar refractivity (Wildman–Crippen MR) is 99.2 cm³/mol. The Morgan fingerprint density at radius 2 is 1.75 bits per heavy atom. The van der Waals surface area contributed by atoms with Crippen LogP contribution in [0.2, 0.25) is 0 Å². The molecular weight excluding hydrogens is 386 g/mol. The van der Waals surface area contributed by atoms with Crippen molar-refractivity contribution in [3.8, 4) is 0 Å². The summed E-state index contributed by atoms with van der Waals surface area (Å²) in [6, 6.07) is 9.14. The van der Waals surface area contributed by atoms with Crippen molar-refractivity contribution in [3.63, 3.8) is 0 Å². The van der Waals surface area contributed by atoms with E-state index in [0.29, 0.717) is 10.4 Å². The molecule has 144 valence electrons. The highest BCUT2D eigenvalue weighted by Gasteiger charge is 2.36. The van der Waals surface area contributed by atoms with E-state index in [0.717, 1.165) is 29.7 Å². The monoisotopic (exact) mass is 402 g/mol. The van der Waals surface area contributed by atoms with E-state index in [2.05, 4.69) is 9.59 Å². The first-order chi connectivity index (χ1) is 13.4. The number of carbonyl (C=O) groups is 2. The Bertz CT molecular complexity index is 963. The number of benzene rings is 2. The van der Waals surface area contributed by atoms with E-state index in [9.17, 15) is 18.4 Å². The highest BCUT2D eigenvalue weighted by Crippen LogP contribution is 2.34. The first-order valence-corrected chi connectivity index (χ1v) is 9.06. The zero-order valence-electron chi connectivity index (χ0n) is 14.8. The van der Waals surface area contributed by atoms with Gasteiger partial charge in [0, 0.05) is 11.6 Å². The van der Waals surface area contributed by atoms with Gasteiger partial charge in [-0.05, 0) is 48.3 Å². The van der Waals surface area contributed by atoms with Crippen molar-refractivity contribution in [2.45, 2.75) is 19.0 Å². The van der Waals surface area contributed by atoms with Gasteiger partial charge in [0.25, 0.3) is 5.91 Å². The summed E-state index contributed by atoms with van der Waals surface area (Å²) >= 11 is 0.915. The fourth-order valence-electron chi connectivity index (χ4n) is 2.93. The zero-order valence-corrected chi connectivity index (χ0v) is 15.6. The Balaban J connectivity index is 2.13. The molecule has 2 aromatic carbocycles. The Morgan fingerprint density at radius 3 is 2.29 bits per heavy atom. The van der Waals surface area contributed by atoms with Gasteiger partial charge in [-0.2, -0.15) is 0 Å². The van der Waals surface area contributed by atoms with Crippen LogP contribution in [0, 0.1) is 11.6 Å². The minimum absolute atomic E-state index is 0.186. The third-order valence-corrected chi connectivity index (χ3v) is 4.95. The fourth-order valence-corrected chi connectivity index (χ4v) is 3.55. The van der Waals surface area contributed by atoms with Crippen LogP contribution in [0.1, 0.15) is 39.8 Å². The number of halogens is 2. The van der Waals surface area contributed by atoms with Crippen LogP contribution in [-0.2, 0) is 4.79 Å². The van der Waals surface area contributed by atoms with Gasteiger partial charge in [-0.3, -0.25) is 9.59 Å². The lowest BCUT2D eigenvalue weighted by Crippen LogP contribution is -2.43. The number of aromatic nitrogens is 2. The highest BCUT2D eigenvalue weighted by atomic mass is 32.1. The quantitative estimate of drug-likeness (QED) is 0.685. The van der Waals surface area contributed by atoms with Gasteiger partial charge < -0.3 is 10.6 Å². The molecule has 0 aliphatic rings. The smallest absolute Gasteiger partial charge is 0.255 e. The second-order valence-corrected chi connectivity index (χ2v) is 6.90. The zero-order chi connectivity index (χ0) is 20.3. The average Bonchev–Trinajstić information content (AvgIpc) is 3.18. The highest BCUT2D eigenvalue weighted by molar-refractivity contribution is 7.05. The van der Waals surface area contributed by atoms with Gasteiger partial charge >= 0.3 is 0 Å². The fraction of sp³-hybridized carbons (Fsp3) is 0.158. The van der Waals surface area contributed by atoms with Crippen molar-refractivity contribution in [2.24, 2.45) is 5.73 Å². The molecule has 2 amide bonds. The largest absolute Gasteiger partial charge is 0.368 e. The Morgan fingerprint density at radius 1 is 1.11 bits per heavy atom. The van der Waals surface area contributed by atoms with Crippen LogP contribution in [-0.4, -0.2) is 26.3 Å². The second kappa shape index (κ2) is 8.22. The number of nitrogens with zero attached hydrogens (tertiary/aromatic N) is 3. The minimum Gasteiger partial charge on any atom is -0.368 e. The number of hydrogen-bond acceptors (Lipinski definition) is 5. The molecule has 2 N–H and O–H groups in total. The molecule has 0 radical (unpaired) electrons. The summed E-state index contributed by atoms with van der Waals surface area (Å²) in [6.07, 6.45) is 1.34. The number of nitrogens with two attached hydrogens (primary N) is 1. The van der Waals surface area contributed by atoms with Gasteiger partial charge in [0.1, 0.15) is 17.7 Å². The molecule has 28 heavy (non-hydrogen) atoms. The Kier molecular flexibility index (Phi) is 5.74. The summed E-state index contributed by atoms with van der Waals surface area (Å²) in [6.45, 7) is 1.57. The number of amides is 2. The molecule has 0 aliphatic carbocycles. The molecule has 3 rings (SSSR count). The maximum Gasteiger partial charge on any atom is 0.255 e. The van der Waals surface area contributed by atoms with Crippen molar-refractivity contribution in [2.75, 3.05) is 0 Å². The van der Waals surface area contributed by atoms with E-state index in [1.165, 1.54) is 11.1 Å². The summed E-state index contributed by atoms with van der Waals surface area (Å²) in [7, 11) is 0. The molecule has 3 aromatic rings. The summed E-state index contributed by atoms with van der Waals surface area (Å²) < 4.78 is 31.2. The lowest BCUT2D eigenvalue weighted by molar-refractivity contribution is -0.123. The van der Waals surface area contributed by atoms with Crippen LogP contribution >= 0.6 is 11.5 Å². The average molecular weight is 402 g/mol. The van der Waals surface area contributed by atoms with Gasteiger partial charge in [-0.1, -0.05) is 22.7 Å². The van der Waals surface area contributed by atoms with E-state index >= 15 is 0 Å². The summed E-state index contributed by atoms with van der Waals surface area (Å²) in [5.41, 5.74) is 6.08. The first-order valence-electron chi connectivity index (χ1n) is 8.28. The summed E-state index contributed by atoms with van der Waals surface area (Å²) in [5, 5.41) is 3.70. The normalized spacial score (nSPS) is 13.0. The molecular formula is C19H16F2N4O2S. The van der Waals surface area contributed by atoms with Crippen LogP contribution in [0.25, 0.3) is 0 Å². The second-order valence-electron chi connectivity index (χ2n) is 6.08. The SMILES string of the molecule is C[C@H](c1cc(F)cc(F)c1)N(C(=O)c1ccccc1)C(C(N)=O)c1cnns1. The van der Waals surface area contributed by atoms with Crippen molar-refractivity contribution < 1.29 is 18.4 Å². The van der Waals surface area contributed by atoms with Gasteiger partial charge in [-0.25, -0.2) is 8.78 Å². The lowest BCUT2D eigenvalue weighted by Gasteiger charge is -2.34. The van der Waals surface area contributed by atoms with Gasteiger partial charge in [0.2, 0.25) is 5.91 Å². The Labute approximate surface area is 163 Å². The van der Waals surface area contributed by atoms with Crippen LogP contribution in [0.5, 0.6) is 0 Å². The molecule has 6 nitrogen and oxygen atoms in total. The van der Waals surface area contributed by atoms with E-state index in [4.69, 9.17) is 5.73 Å². The summed E-state index contributed by atoms with van der Waals surface area (Å²) in [5.74, 6) is -2.90.